The number of hydrogen-bond donors (Lipinski definition) is 2. The average Bonchev–Trinajstić information content (AvgIpc) is 2.47. The molecule has 1 N–H and O–H groups in total. The number of nitrogens with one attached hydrogen (secondary N) is 1. The van der Waals surface area contributed by atoms with E-state index in [1.54, 1.807) is 12.3 Å². The molecule has 0 fully saturated rings. The van der Waals surface area contributed by atoms with Gasteiger partial charge in [-0.2, -0.15) is 12.6 Å². The lowest BCUT2D eigenvalue weighted by molar-refractivity contribution is -0.120. The van der Waals surface area contributed by atoms with Crippen LogP contribution < -0.4 is 5.32 Å². The molecule has 0 saturated carbocycles. The van der Waals surface area contributed by atoms with Gasteiger partial charge in [-0.25, -0.2) is 9.97 Å². The third kappa shape index (κ3) is 4.37. The minimum Gasteiger partial charge on any atom is -0.349 e. The van der Waals surface area contributed by atoms with Gasteiger partial charge in [0.05, 0.1) is 17.5 Å². The first-order valence-electron chi connectivity index (χ1n) is 6.00. The van der Waals surface area contributed by atoms with Gasteiger partial charge in [-0.15, -0.1) is 0 Å². The van der Waals surface area contributed by atoms with Crippen molar-refractivity contribution in [1.82, 2.24) is 15.3 Å². The summed E-state index contributed by atoms with van der Waals surface area (Å²) in [6.07, 6.45) is 3.72. The molecule has 2 rings (SSSR count). The zero-order chi connectivity index (χ0) is 13.5. The average molecular weight is 273 g/mol. The molecule has 0 radical (unpaired) electrons. The maximum atomic E-state index is 11.9. The SMILES string of the molecule is O=C(NCc1ccncn1)C(S)Cc1ccccc1. The Labute approximate surface area is 117 Å². The number of amides is 1. The van der Waals surface area contributed by atoms with Crippen molar-refractivity contribution in [1.29, 1.82) is 0 Å². The highest BCUT2D eigenvalue weighted by atomic mass is 32.1. The second-order valence-electron chi connectivity index (χ2n) is 4.12. The van der Waals surface area contributed by atoms with Crippen molar-refractivity contribution in [3.8, 4) is 0 Å². The Morgan fingerprint density at radius 1 is 1.26 bits per heavy atom. The van der Waals surface area contributed by atoms with E-state index in [4.69, 9.17) is 0 Å². The molecule has 0 aliphatic carbocycles. The van der Waals surface area contributed by atoms with Gasteiger partial charge in [0.15, 0.2) is 0 Å². The van der Waals surface area contributed by atoms with Crippen molar-refractivity contribution < 1.29 is 4.79 Å². The van der Waals surface area contributed by atoms with Crippen LogP contribution in [0.15, 0.2) is 48.9 Å². The molecule has 1 heterocycles. The summed E-state index contributed by atoms with van der Waals surface area (Å²) in [5.41, 5.74) is 1.88. The monoisotopic (exact) mass is 273 g/mol. The largest absolute Gasteiger partial charge is 0.349 e. The summed E-state index contributed by atoms with van der Waals surface area (Å²) < 4.78 is 0. The topological polar surface area (TPSA) is 54.9 Å². The second-order valence-corrected chi connectivity index (χ2v) is 4.75. The standard InChI is InChI=1S/C14H15N3OS/c18-14(16-9-12-6-7-15-10-17-12)13(19)8-11-4-2-1-3-5-11/h1-7,10,13,19H,8-9H2,(H,16,18). The Hall–Kier alpha value is -1.88. The van der Waals surface area contributed by atoms with E-state index in [1.165, 1.54) is 6.33 Å². The van der Waals surface area contributed by atoms with Crippen LogP contribution in [0.4, 0.5) is 0 Å². The molecule has 1 aromatic heterocycles. The number of rotatable bonds is 5. The highest BCUT2D eigenvalue weighted by molar-refractivity contribution is 7.81. The Kier molecular flexibility index (Phi) is 4.92. The molecular weight excluding hydrogens is 258 g/mol. The number of benzene rings is 1. The Bertz CT molecular complexity index is 519. The highest BCUT2D eigenvalue weighted by Gasteiger charge is 2.14. The third-order valence-electron chi connectivity index (χ3n) is 2.66. The molecule has 0 saturated heterocycles. The smallest absolute Gasteiger partial charge is 0.233 e. The third-order valence-corrected chi connectivity index (χ3v) is 3.08. The van der Waals surface area contributed by atoms with Crippen molar-refractivity contribution >= 4 is 18.5 Å². The molecule has 98 valence electrons. The van der Waals surface area contributed by atoms with E-state index in [2.05, 4.69) is 27.9 Å². The van der Waals surface area contributed by atoms with E-state index in [0.717, 1.165) is 11.3 Å². The fourth-order valence-electron chi connectivity index (χ4n) is 1.65. The number of carbonyl (C=O) groups excluding carboxylic acids is 1. The number of carbonyl (C=O) groups is 1. The molecule has 19 heavy (non-hydrogen) atoms. The first-order valence-corrected chi connectivity index (χ1v) is 6.52. The predicted molar refractivity (Wildman–Crippen MR) is 76.8 cm³/mol. The summed E-state index contributed by atoms with van der Waals surface area (Å²) >= 11 is 4.34. The molecule has 1 unspecified atom stereocenters. The fourth-order valence-corrected chi connectivity index (χ4v) is 1.95. The molecule has 4 nitrogen and oxygen atoms in total. The van der Waals surface area contributed by atoms with Gasteiger partial charge >= 0.3 is 0 Å². The zero-order valence-corrected chi connectivity index (χ0v) is 11.3. The van der Waals surface area contributed by atoms with E-state index in [0.29, 0.717) is 13.0 Å². The molecule has 0 spiro atoms. The molecule has 0 aliphatic heterocycles. The maximum absolute atomic E-state index is 11.9. The summed E-state index contributed by atoms with van der Waals surface area (Å²) in [6, 6.07) is 11.6. The molecule has 2 aromatic rings. The Morgan fingerprint density at radius 2 is 2.05 bits per heavy atom. The molecule has 1 amide bonds. The van der Waals surface area contributed by atoms with Crippen LogP contribution in [0.25, 0.3) is 0 Å². The summed E-state index contributed by atoms with van der Waals surface area (Å²) in [4.78, 5) is 19.8. The maximum Gasteiger partial charge on any atom is 0.233 e. The number of hydrogen-bond acceptors (Lipinski definition) is 4. The minimum absolute atomic E-state index is 0.0919. The van der Waals surface area contributed by atoms with Gasteiger partial charge in [0.25, 0.3) is 0 Å². The van der Waals surface area contributed by atoms with Crippen LogP contribution in [0.1, 0.15) is 11.3 Å². The molecule has 1 atom stereocenters. The van der Waals surface area contributed by atoms with Crippen LogP contribution in [0.5, 0.6) is 0 Å². The lowest BCUT2D eigenvalue weighted by Crippen LogP contribution is -2.32. The van der Waals surface area contributed by atoms with E-state index in [9.17, 15) is 4.79 Å². The molecular formula is C14H15N3OS. The van der Waals surface area contributed by atoms with Crippen LogP contribution in [-0.4, -0.2) is 21.1 Å². The van der Waals surface area contributed by atoms with Crippen molar-refractivity contribution in [2.75, 3.05) is 0 Å². The van der Waals surface area contributed by atoms with E-state index in [-0.39, 0.29) is 11.2 Å². The van der Waals surface area contributed by atoms with Gasteiger partial charge in [-0.05, 0) is 18.1 Å². The highest BCUT2D eigenvalue weighted by Crippen LogP contribution is 2.08. The van der Waals surface area contributed by atoms with Gasteiger partial charge in [-0.1, -0.05) is 30.3 Å². The lowest BCUT2D eigenvalue weighted by Gasteiger charge is -2.11. The van der Waals surface area contributed by atoms with Crippen molar-refractivity contribution in [2.45, 2.75) is 18.2 Å². The van der Waals surface area contributed by atoms with Crippen molar-refractivity contribution in [3.05, 3.63) is 60.2 Å². The minimum atomic E-state index is -0.357. The van der Waals surface area contributed by atoms with Gasteiger partial charge in [0, 0.05) is 6.20 Å². The molecule has 1 aromatic carbocycles. The predicted octanol–water partition coefficient (Wildman–Crippen LogP) is 1.63. The van der Waals surface area contributed by atoms with Gasteiger partial charge in [0.2, 0.25) is 5.91 Å². The van der Waals surface area contributed by atoms with Crippen LogP contribution in [0.2, 0.25) is 0 Å². The van der Waals surface area contributed by atoms with Crippen LogP contribution in [0, 0.1) is 0 Å². The van der Waals surface area contributed by atoms with Crippen LogP contribution >= 0.6 is 12.6 Å². The van der Waals surface area contributed by atoms with E-state index in [1.807, 2.05) is 30.3 Å². The zero-order valence-electron chi connectivity index (χ0n) is 10.4. The Balaban J connectivity index is 1.83. The summed E-state index contributed by atoms with van der Waals surface area (Å²) in [5.74, 6) is -0.0919. The fraction of sp³-hybridized carbons (Fsp3) is 0.214. The van der Waals surface area contributed by atoms with Crippen molar-refractivity contribution in [3.63, 3.8) is 0 Å². The number of thiol groups is 1. The van der Waals surface area contributed by atoms with Crippen LogP contribution in [-0.2, 0) is 17.8 Å². The lowest BCUT2D eigenvalue weighted by atomic mass is 10.1. The van der Waals surface area contributed by atoms with E-state index >= 15 is 0 Å². The molecule has 0 aliphatic rings. The quantitative estimate of drug-likeness (QED) is 0.814. The van der Waals surface area contributed by atoms with Gasteiger partial charge in [0.1, 0.15) is 6.33 Å². The normalized spacial score (nSPS) is 11.8. The first-order chi connectivity index (χ1) is 9.25. The van der Waals surface area contributed by atoms with E-state index < -0.39 is 0 Å². The van der Waals surface area contributed by atoms with Gasteiger partial charge < -0.3 is 5.32 Å². The second kappa shape index (κ2) is 6.89. The molecule has 0 bridgehead atoms. The first kappa shape index (κ1) is 13.5. The van der Waals surface area contributed by atoms with Gasteiger partial charge in [-0.3, -0.25) is 4.79 Å². The number of aromatic nitrogens is 2. The van der Waals surface area contributed by atoms with Crippen molar-refractivity contribution in [2.24, 2.45) is 0 Å². The molecule has 5 heteroatoms. The summed E-state index contributed by atoms with van der Waals surface area (Å²) in [6.45, 7) is 0.396. The summed E-state index contributed by atoms with van der Waals surface area (Å²) in [7, 11) is 0. The Morgan fingerprint density at radius 3 is 2.74 bits per heavy atom. The summed E-state index contributed by atoms with van der Waals surface area (Å²) in [5, 5.41) is 2.46. The number of nitrogens with zero attached hydrogens (tertiary/aromatic N) is 2. The van der Waals surface area contributed by atoms with Crippen LogP contribution in [0.3, 0.4) is 0 Å².